The molecule has 1 N–H and O–H groups in total. The fourth-order valence-corrected chi connectivity index (χ4v) is 2.19. The Kier molecular flexibility index (Phi) is 5.07. The number of pyridine rings is 1. The molecule has 0 aliphatic rings. The second-order valence-electron chi connectivity index (χ2n) is 3.63. The smallest absolute Gasteiger partial charge is 0.165 e. The van der Waals surface area contributed by atoms with E-state index in [1.54, 1.807) is 24.0 Å². The largest absolute Gasteiger partial charge is 0.260 e. The van der Waals surface area contributed by atoms with Crippen molar-refractivity contribution in [1.29, 1.82) is 0 Å². The first-order valence-corrected chi connectivity index (χ1v) is 7.41. The minimum Gasteiger partial charge on any atom is -0.260 e. The van der Waals surface area contributed by atoms with Gasteiger partial charge in [0.25, 0.3) is 0 Å². The van der Waals surface area contributed by atoms with E-state index in [1.165, 1.54) is 11.1 Å². The Morgan fingerprint density at radius 3 is 2.63 bits per heavy atom. The molecule has 0 amide bonds. The van der Waals surface area contributed by atoms with Crippen LogP contribution in [0.5, 0.6) is 0 Å². The van der Waals surface area contributed by atoms with Crippen molar-refractivity contribution in [3.05, 3.63) is 52.1 Å². The zero-order chi connectivity index (χ0) is 13.7. The van der Waals surface area contributed by atoms with Crippen LogP contribution in [0.4, 0.5) is 5.82 Å². The van der Waals surface area contributed by atoms with Crippen molar-refractivity contribution in [3.8, 4) is 0 Å². The lowest BCUT2D eigenvalue weighted by atomic mass is 10.2. The van der Waals surface area contributed by atoms with Crippen molar-refractivity contribution < 1.29 is 0 Å². The van der Waals surface area contributed by atoms with Gasteiger partial charge in [0, 0.05) is 11.1 Å². The van der Waals surface area contributed by atoms with Gasteiger partial charge in [0.15, 0.2) is 5.82 Å². The molecule has 1 aromatic heterocycles. The summed E-state index contributed by atoms with van der Waals surface area (Å²) >= 11 is 13.4. The molecule has 0 fully saturated rings. The van der Waals surface area contributed by atoms with Gasteiger partial charge in [-0.2, -0.15) is 5.10 Å². The minimum absolute atomic E-state index is 0.433. The third kappa shape index (κ3) is 4.13. The lowest BCUT2D eigenvalue weighted by Crippen LogP contribution is -1.94. The molecule has 2 rings (SSSR count). The van der Waals surface area contributed by atoms with Crippen molar-refractivity contribution >= 4 is 47.0 Å². The Morgan fingerprint density at radius 2 is 2.00 bits per heavy atom. The first-order valence-electron chi connectivity index (χ1n) is 5.43. The van der Waals surface area contributed by atoms with Crippen LogP contribution in [-0.2, 0) is 0 Å². The van der Waals surface area contributed by atoms with Crippen LogP contribution >= 0.6 is 35.0 Å². The fraction of sp³-hybridized carbons (Fsp3) is 0.0769. The first-order chi connectivity index (χ1) is 9.19. The molecule has 0 saturated carbocycles. The number of hydrogen-bond acceptors (Lipinski definition) is 4. The molecule has 0 bridgehead atoms. The zero-order valence-corrected chi connectivity index (χ0v) is 12.4. The third-order valence-corrected chi connectivity index (χ3v) is 3.55. The quantitative estimate of drug-likeness (QED) is 0.511. The molecule has 2 aromatic rings. The van der Waals surface area contributed by atoms with E-state index in [0.717, 1.165) is 5.56 Å². The summed E-state index contributed by atoms with van der Waals surface area (Å²) in [7, 11) is 0. The number of thioether (sulfide) groups is 1. The molecule has 0 aliphatic carbocycles. The number of nitrogens with zero attached hydrogens (tertiary/aromatic N) is 2. The summed E-state index contributed by atoms with van der Waals surface area (Å²) in [5.41, 5.74) is 3.78. The normalized spacial score (nSPS) is 10.9. The summed E-state index contributed by atoms with van der Waals surface area (Å²) in [6, 6.07) is 9.68. The number of hydrazone groups is 1. The van der Waals surface area contributed by atoms with Crippen LogP contribution in [0.1, 0.15) is 5.56 Å². The van der Waals surface area contributed by atoms with E-state index in [0.29, 0.717) is 15.9 Å². The van der Waals surface area contributed by atoms with Crippen molar-refractivity contribution in [2.45, 2.75) is 4.90 Å². The predicted molar refractivity (Wildman–Crippen MR) is 83.7 cm³/mol. The van der Waals surface area contributed by atoms with Gasteiger partial charge >= 0.3 is 0 Å². The molecule has 3 nitrogen and oxygen atoms in total. The van der Waals surface area contributed by atoms with Crippen LogP contribution in [0.2, 0.25) is 10.0 Å². The van der Waals surface area contributed by atoms with Gasteiger partial charge in [0.2, 0.25) is 0 Å². The summed E-state index contributed by atoms with van der Waals surface area (Å²) in [5.74, 6) is 0.475. The maximum atomic E-state index is 5.96. The van der Waals surface area contributed by atoms with Gasteiger partial charge in [-0.25, -0.2) is 4.98 Å². The van der Waals surface area contributed by atoms with Crippen LogP contribution in [0, 0.1) is 0 Å². The first kappa shape index (κ1) is 14.2. The zero-order valence-electron chi connectivity index (χ0n) is 10.1. The van der Waals surface area contributed by atoms with E-state index in [1.807, 2.05) is 30.5 Å². The van der Waals surface area contributed by atoms with Crippen LogP contribution in [0.25, 0.3) is 0 Å². The monoisotopic (exact) mass is 311 g/mol. The molecule has 0 radical (unpaired) electrons. The molecular weight excluding hydrogens is 301 g/mol. The van der Waals surface area contributed by atoms with Crippen LogP contribution in [0.15, 0.2) is 46.5 Å². The Morgan fingerprint density at radius 1 is 1.26 bits per heavy atom. The number of anilines is 1. The summed E-state index contributed by atoms with van der Waals surface area (Å²) < 4.78 is 0. The van der Waals surface area contributed by atoms with Gasteiger partial charge in [0.05, 0.1) is 16.3 Å². The maximum Gasteiger partial charge on any atom is 0.165 e. The van der Waals surface area contributed by atoms with Crippen LogP contribution in [0.3, 0.4) is 0 Å². The van der Waals surface area contributed by atoms with Crippen molar-refractivity contribution in [3.63, 3.8) is 0 Å². The third-order valence-electron chi connectivity index (χ3n) is 2.31. The summed E-state index contributed by atoms with van der Waals surface area (Å²) in [6.07, 6.45) is 5.26. The molecule has 6 heteroatoms. The number of nitrogens with one attached hydrogen (secondary N) is 1. The molecule has 19 heavy (non-hydrogen) atoms. The lowest BCUT2D eigenvalue weighted by molar-refractivity contribution is 1.23. The van der Waals surface area contributed by atoms with E-state index in [9.17, 15) is 0 Å². The summed E-state index contributed by atoms with van der Waals surface area (Å²) in [5, 5.41) is 5.01. The van der Waals surface area contributed by atoms with Gasteiger partial charge < -0.3 is 0 Å². The molecule has 0 atom stereocenters. The number of benzene rings is 1. The Balaban J connectivity index is 2.02. The van der Waals surface area contributed by atoms with Crippen LogP contribution < -0.4 is 5.43 Å². The molecule has 0 aliphatic heterocycles. The molecule has 0 saturated heterocycles. The average Bonchev–Trinajstić information content (AvgIpc) is 2.42. The van der Waals surface area contributed by atoms with E-state index in [4.69, 9.17) is 23.2 Å². The number of hydrogen-bond donors (Lipinski definition) is 1. The molecule has 1 aromatic carbocycles. The van der Waals surface area contributed by atoms with Crippen molar-refractivity contribution in [2.75, 3.05) is 11.7 Å². The van der Waals surface area contributed by atoms with E-state index in [2.05, 4.69) is 15.5 Å². The number of aromatic nitrogens is 1. The molecule has 0 spiro atoms. The van der Waals surface area contributed by atoms with Gasteiger partial charge in [-0.1, -0.05) is 35.3 Å². The predicted octanol–water partition coefficient (Wildman–Crippen LogP) is 4.56. The van der Waals surface area contributed by atoms with Gasteiger partial charge in [-0.05, 0) is 30.0 Å². The molecule has 0 unspecified atom stereocenters. The lowest BCUT2D eigenvalue weighted by Gasteiger charge is -2.02. The van der Waals surface area contributed by atoms with E-state index >= 15 is 0 Å². The second-order valence-corrected chi connectivity index (χ2v) is 5.35. The topological polar surface area (TPSA) is 37.3 Å². The van der Waals surface area contributed by atoms with Gasteiger partial charge in [0.1, 0.15) is 0 Å². The SMILES string of the molecule is CSc1ccc(/C=N/Nc2ncc(Cl)cc2Cl)cc1. The van der Waals surface area contributed by atoms with Crippen molar-refractivity contribution in [1.82, 2.24) is 4.98 Å². The Labute approximate surface area is 126 Å². The van der Waals surface area contributed by atoms with Gasteiger partial charge in [-0.15, -0.1) is 11.8 Å². The number of rotatable bonds is 4. The van der Waals surface area contributed by atoms with Crippen molar-refractivity contribution in [2.24, 2.45) is 5.10 Å². The Bertz CT molecular complexity index is 585. The van der Waals surface area contributed by atoms with E-state index in [-0.39, 0.29) is 0 Å². The maximum absolute atomic E-state index is 5.96. The molecular formula is C13H11Cl2N3S. The summed E-state index contributed by atoms with van der Waals surface area (Å²) in [4.78, 5) is 5.26. The Hall–Kier alpha value is -1.23. The van der Waals surface area contributed by atoms with Gasteiger partial charge in [-0.3, -0.25) is 5.43 Å². The van der Waals surface area contributed by atoms with E-state index < -0.39 is 0 Å². The number of halogens is 2. The minimum atomic E-state index is 0.433. The molecule has 98 valence electrons. The highest BCUT2D eigenvalue weighted by molar-refractivity contribution is 7.98. The summed E-state index contributed by atoms with van der Waals surface area (Å²) in [6.45, 7) is 0. The van der Waals surface area contributed by atoms with Crippen LogP contribution in [-0.4, -0.2) is 17.5 Å². The average molecular weight is 312 g/mol. The standard InChI is InChI=1S/C13H11Cl2N3S/c1-19-11-4-2-9(3-5-11)7-17-18-13-12(15)6-10(14)8-16-13/h2-8H,1H3,(H,16,18)/b17-7+. The fourth-order valence-electron chi connectivity index (χ4n) is 1.35. The highest BCUT2D eigenvalue weighted by atomic mass is 35.5. The highest BCUT2D eigenvalue weighted by Crippen LogP contribution is 2.22. The highest BCUT2D eigenvalue weighted by Gasteiger charge is 2.00. The molecule has 1 heterocycles. The second kappa shape index (κ2) is 6.80.